The largest absolute Gasteiger partial charge is 0.466 e. The van der Waals surface area contributed by atoms with Crippen LogP contribution in [0.4, 0.5) is 4.79 Å². The van der Waals surface area contributed by atoms with Crippen LogP contribution in [0.1, 0.15) is 12.7 Å². The van der Waals surface area contributed by atoms with Crippen LogP contribution in [0, 0.1) is 0 Å². The second-order valence-electron chi connectivity index (χ2n) is 3.21. The van der Waals surface area contributed by atoms with Crippen LogP contribution in [-0.2, 0) is 10.3 Å². The molecule has 14 heavy (non-hydrogen) atoms. The first-order valence-electron chi connectivity index (χ1n) is 4.01. The number of nitrogens with zero attached hydrogens (tertiary/aromatic N) is 1. The molecule has 0 aliphatic carbocycles. The van der Waals surface area contributed by atoms with E-state index in [2.05, 4.69) is 5.32 Å². The fourth-order valence-electron chi connectivity index (χ4n) is 1.39. The van der Waals surface area contributed by atoms with Crippen LogP contribution in [-0.4, -0.2) is 16.9 Å². The van der Waals surface area contributed by atoms with Gasteiger partial charge in [0.2, 0.25) is 0 Å². The summed E-state index contributed by atoms with van der Waals surface area (Å²) in [5.41, 5.74) is -1.19. The smallest absolute Gasteiger partial charge is 0.340 e. The zero-order valence-electron chi connectivity index (χ0n) is 7.48. The van der Waals surface area contributed by atoms with Crippen LogP contribution >= 0.6 is 0 Å². The summed E-state index contributed by atoms with van der Waals surface area (Å²) in [5.74, 6) is 5.07. The molecule has 1 atom stereocenters. The Labute approximate surface area is 79.6 Å². The van der Waals surface area contributed by atoms with Gasteiger partial charge in [-0.05, 0) is 19.1 Å². The number of carbonyl (C=O) groups excluding carboxylic acids is 2. The molecule has 1 aliphatic heterocycles. The molecule has 1 aromatic heterocycles. The molecule has 1 aliphatic rings. The average molecular weight is 195 g/mol. The van der Waals surface area contributed by atoms with E-state index < -0.39 is 17.5 Å². The normalized spacial score (nSPS) is 26.9. The quantitative estimate of drug-likeness (QED) is 0.372. The van der Waals surface area contributed by atoms with E-state index in [4.69, 9.17) is 10.3 Å². The fraction of sp³-hybridized carbons (Fsp3) is 0.250. The molecule has 0 bridgehead atoms. The van der Waals surface area contributed by atoms with Crippen molar-refractivity contribution in [3.63, 3.8) is 0 Å². The fourth-order valence-corrected chi connectivity index (χ4v) is 1.39. The molecule has 3 amide bonds. The Balaban J connectivity index is 2.44. The van der Waals surface area contributed by atoms with Crippen molar-refractivity contribution in [3.05, 3.63) is 24.2 Å². The first-order chi connectivity index (χ1) is 6.55. The van der Waals surface area contributed by atoms with Gasteiger partial charge in [-0.3, -0.25) is 4.79 Å². The van der Waals surface area contributed by atoms with Gasteiger partial charge in [0.05, 0.1) is 6.26 Å². The van der Waals surface area contributed by atoms with Gasteiger partial charge in [0.15, 0.2) is 5.54 Å². The lowest BCUT2D eigenvalue weighted by molar-refractivity contribution is -0.131. The second kappa shape index (κ2) is 2.58. The number of carbonyl (C=O) groups is 2. The van der Waals surface area contributed by atoms with Gasteiger partial charge < -0.3 is 9.73 Å². The molecule has 2 rings (SSSR count). The molecule has 1 unspecified atom stereocenters. The maximum Gasteiger partial charge on any atom is 0.340 e. The van der Waals surface area contributed by atoms with Gasteiger partial charge in [-0.15, -0.1) is 0 Å². The summed E-state index contributed by atoms with van der Waals surface area (Å²) in [6.45, 7) is 1.54. The lowest BCUT2D eigenvalue weighted by atomic mass is 10.00. The molecular formula is C8H9N3O3. The summed E-state index contributed by atoms with van der Waals surface area (Å²) >= 11 is 0. The number of hydrogen-bond donors (Lipinski definition) is 2. The van der Waals surface area contributed by atoms with Crippen LogP contribution in [0.2, 0.25) is 0 Å². The molecule has 6 nitrogen and oxygen atoms in total. The maximum absolute atomic E-state index is 11.6. The summed E-state index contributed by atoms with van der Waals surface area (Å²) in [6, 6.07) is 2.62. The highest BCUT2D eigenvalue weighted by molar-refractivity contribution is 6.06. The van der Waals surface area contributed by atoms with E-state index in [1.165, 1.54) is 6.26 Å². The Hall–Kier alpha value is -1.82. The first-order valence-corrected chi connectivity index (χ1v) is 4.01. The third-order valence-electron chi connectivity index (χ3n) is 2.24. The summed E-state index contributed by atoms with van der Waals surface area (Å²) in [6.07, 6.45) is 1.43. The van der Waals surface area contributed by atoms with Gasteiger partial charge >= 0.3 is 6.03 Å². The molecule has 1 saturated heterocycles. The molecule has 3 N–H and O–H groups in total. The van der Waals surface area contributed by atoms with Crippen molar-refractivity contribution < 1.29 is 14.0 Å². The monoisotopic (exact) mass is 195 g/mol. The number of nitrogens with two attached hydrogens (primary N) is 1. The number of amides is 3. The van der Waals surface area contributed by atoms with Crippen molar-refractivity contribution in [3.8, 4) is 0 Å². The number of furan rings is 1. The van der Waals surface area contributed by atoms with Crippen molar-refractivity contribution >= 4 is 11.9 Å². The SMILES string of the molecule is CC1(c2ccco2)NC(=O)N(N)C1=O. The number of nitrogens with one attached hydrogen (secondary N) is 1. The Morgan fingerprint density at radius 2 is 2.29 bits per heavy atom. The number of rotatable bonds is 1. The minimum Gasteiger partial charge on any atom is -0.466 e. The third kappa shape index (κ3) is 0.942. The highest BCUT2D eigenvalue weighted by atomic mass is 16.3. The predicted octanol–water partition coefficient (Wildman–Crippen LogP) is -0.0797. The van der Waals surface area contributed by atoms with E-state index in [0.717, 1.165) is 0 Å². The van der Waals surface area contributed by atoms with E-state index >= 15 is 0 Å². The molecule has 1 fully saturated rings. The molecule has 2 heterocycles. The maximum atomic E-state index is 11.6. The van der Waals surface area contributed by atoms with Gasteiger partial charge in [-0.2, -0.15) is 5.01 Å². The second-order valence-corrected chi connectivity index (χ2v) is 3.21. The van der Waals surface area contributed by atoms with Gasteiger partial charge in [0.1, 0.15) is 5.76 Å². The zero-order chi connectivity index (χ0) is 10.3. The van der Waals surface area contributed by atoms with Gasteiger partial charge in [-0.25, -0.2) is 10.6 Å². The Kier molecular flexibility index (Phi) is 1.62. The molecule has 74 valence electrons. The topological polar surface area (TPSA) is 88.6 Å². The van der Waals surface area contributed by atoms with Crippen LogP contribution in [0.15, 0.2) is 22.8 Å². The Bertz CT molecular complexity index is 387. The van der Waals surface area contributed by atoms with E-state index in [-0.39, 0.29) is 0 Å². The van der Waals surface area contributed by atoms with E-state index in [9.17, 15) is 9.59 Å². The Morgan fingerprint density at radius 1 is 1.57 bits per heavy atom. The van der Waals surface area contributed by atoms with E-state index in [1.54, 1.807) is 19.1 Å². The molecule has 0 saturated carbocycles. The van der Waals surface area contributed by atoms with Crippen molar-refractivity contribution in [2.45, 2.75) is 12.5 Å². The van der Waals surface area contributed by atoms with Crippen LogP contribution in [0.5, 0.6) is 0 Å². The predicted molar refractivity (Wildman–Crippen MR) is 45.6 cm³/mol. The summed E-state index contributed by atoms with van der Waals surface area (Å²) < 4.78 is 5.07. The van der Waals surface area contributed by atoms with Gasteiger partial charge in [0.25, 0.3) is 5.91 Å². The lowest BCUT2D eigenvalue weighted by Gasteiger charge is -2.17. The summed E-state index contributed by atoms with van der Waals surface area (Å²) in [4.78, 5) is 22.7. The zero-order valence-corrected chi connectivity index (χ0v) is 7.48. The minimum atomic E-state index is -1.19. The lowest BCUT2D eigenvalue weighted by Crippen LogP contribution is -2.41. The minimum absolute atomic E-state index is 0.365. The number of hydrogen-bond acceptors (Lipinski definition) is 4. The summed E-state index contributed by atoms with van der Waals surface area (Å²) in [5, 5.41) is 3.00. The molecule has 0 spiro atoms. The van der Waals surface area contributed by atoms with Gasteiger partial charge in [0, 0.05) is 0 Å². The molecule has 0 aromatic carbocycles. The van der Waals surface area contributed by atoms with Crippen LogP contribution < -0.4 is 11.2 Å². The van der Waals surface area contributed by atoms with Crippen molar-refractivity contribution in [2.24, 2.45) is 5.84 Å². The average Bonchev–Trinajstić information content (AvgIpc) is 2.73. The van der Waals surface area contributed by atoms with Crippen molar-refractivity contribution in [1.82, 2.24) is 10.3 Å². The molecule has 0 radical (unpaired) electrons. The molecular weight excluding hydrogens is 186 g/mol. The van der Waals surface area contributed by atoms with Crippen molar-refractivity contribution in [1.29, 1.82) is 0 Å². The van der Waals surface area contributed by atoms with Crippen LogP contribution in [0.3, 0.4) is 0 Å². The highest BCUT2D eigenvalue weighted by Crippen LogP contribution is 2.27. The van der Waals surface area contributed by atoms with E-state index in [1.807, 2.05) is 0 Å². The standard InChI is InChI=1S/C8H9N3O3/c1-8(5-3-2-4-14-5)6(12)11(9)7(13)10-8/h2-4H,9H2,1H3,(H,10,13). The highest BCUT2D eigenvalue weighted by Gasteiger charge is 2.50. The number of imide groups is 1. The van der Waals surface area contributed by atoms with Crippen LogP contribution in [0.25, 0.3) is 0 Å². The third-order valence-corrected chi connectivity index (χ3v) is 2.24. The van der Waals surface area contributed by atoms with Crippen molar-refractivity contribution in [2.75, 3.05) is 0 Å². The first kappa shape index (κ1) is 8.76. The number of hydrazine groups is 1. The Morgan fingerprint density at radius 3 is 2.71 bits per heavy atom. The molecule has 1 aromatic rings. The van der Waals surface area contributed by atoms with E-state index in [0.29, 0.717) is 10.8 Å². The van der Waals surface area contributed by atoms with Gasteiger partial charge in [-0.1, -0.05) is 0 Å². The molecule has 6 heteroatoms. The summed E-state index contributed by atoms with van der Waals surface area (Å²) in [7, 11) is 0. The number of urea groups is 1.